The molecule has 21 heavy (non-hydrogen) atoms. The van der Waals surface area contributed by atoms with Crippen molar-refractivity contribution in [1.29, 1.82) is 0 Å². The number of aromatic nitrogens is 4. The van der Waals surface area contributed by atoms with Crippen molar-refractivity contribution in [3.8, 4) is 0 Å². The molecule has 0 aromatic carbocycles. The summed E-state index contributed by atoms with van der Waals surface area (Å²) in [6, 6.07) is 0. The summed E-state index contributed by atoms with van der Waals surface area (Å²) in [5.41, 5.74) is -1.71. The van der Waals surface area contributed by atoms with Gasteiger partial charge in [-0.05, 0) is 0 Å². The van der Waals surface area contributed by atoms with Crippen LogP contribution in [0.25, 0.3) is 0 Å². The predicted molar refractivity (Wildman–Crippen MR) is 61.8 cm³/mol. The van der Waals surface area contributed by atoms with Crippen LogP contribution in [0.15, 0.2) is 22.4 Å². The van der Waals surface area contributed by atoms with Gasteiger partial charge in [0.1, 0.15) is 0 Å². The molecule has 0 unspecified atom stereocenters. The number of hydrogen-bond donors (Lipinski definition) is 0. The fourth-order valence-electron chi connectivity index (χ4n) is 1.86. The van der Waals surface area contributed by atoms with Gasteiger partial charge in [0.05, 0.1) is 17.3 Å². The molecule has 116 valence electrons. The molecule has 2 rings (SSSR count). The molecule has 0 bridgehead atoms. The Kier molecular flexibility index (Phi) is 3.78. The van der Waals surface area contributed by atoms with Gasteiger partial charge in [-0.15, -0.1) is 0 Å². The zero-order valence-electron chi connectivity index (χ0n) is 10.8. The second-order valence-electron chi connectivity index (χ2n) is 4.20. The topological polar surface area (TPSA) is 69.8 Å². The molecule has 0 amide bonds. The lowest BCUT2D eigenvalue weighted by molar-refractivity contribution is 0.147. The van der Waals surface area contributed by atoms with Crippen molar-refractivity contribution in [3.63, 3.8) is 0 Å². The Hall–Kier alpha value is -1.91. The highest BCUT2D eigenvalue weighted by atomic mass is 32.2. The van der Waals surface area contributed by atoms with Crippen molar-refractivity contribution in [3.05, 3.63) is 23.5 Å². The summed E-state index contributed by atoms with van der Waals surface area (Å²) in [5.74, 6) is 0. The van der Waals surface area contributed by atoms with Crippen LogP contribution in [0.4, 0.5) is 17.6 Å². The van der Waals surface area contributed by atoms with Gasteiger partial charge < -0.3 is 0 Å². The van der Waals surface area contributed by atoms with Gasteiger partial charge in [-0.3, -0.25) is 9.36 Å². The lowest BCUT2D eigenvalue weighted by Crippen LogP contribution is -2.13. The maximum Gasteiger partial charge on any atom is 0.268 e. The summed E-state index contributed by atoms with van der Waals surface area (Å²) < 4.78 is 77.8. The largest absolute Gasteiger partial charge is 0.274 e. The van der Waals surface area contributed by atoms with E-state index in [2.05, 4.69) is 10.2 Å². The van der Waals surface area contributed by atoms with Crippen molar-refractivity contribution in [2.75, 3.05) is 0 Å². The van der Waals surface area contributed by atoms with Crippen molar-refractivity contribution in [2.24, 2.45) is 14.1 Å². The first-order valence-electron chi connectivity index (χ1n) is 5.53. The molecule has 2 heterocycles. The molecule has 0 atom stereocenters. The molecule has 0 N–H and O–H groups in total. The quantitative estimate of drug-likeness (QED) is 0.804. The second kappa shape index (κ2) is 5.13. The number of aryl methyl sites for hydroxylation is 2. The zero-order chi connectivity index (χ0) is 15.9. The van der Waals surface area contributed by atoms with E-state index in [-0.39, 0.29) is 0 Å². The molecule has 0 aliphatic heterocycles. The smallest absolute Gasteiger partial charge is 0.268 e. The van der Waals surface area contributed by atoms with Crippen LogP contribution in [0.5, 0.6) is 0 Å². The number of hydrogen-bond acceptors (Lipinski definition) is 4. The Morgan fingerprint density at radius 2 is 1.67 bits per heavy atom. The van der Waals surface area contributed by atoms with Crippen LogP contribution < -0.4 is 0 Å². The minimum atomic E-state index is -4.65. The van der Waals surface area contributed by atoms with E-state index in [4.69, 9.17) is 0 Å². The number of halogens is 4. The van der Waals surface area contributed by atoms with E-state index in [0.717, 1.165) is 17.9 Å². The third-order valence-corrected chi connectivity index (χ3v) is 4.55. The van der Waals surface area contributed by atoms with E-state index in [0.29, 0.717) is 10.9 Å². The third kappa shape index (κ3) is 2.52. The molecule has 0 radical (unpaired) electrons. The van der Waals surface area contributed by atoms with Crippen LogP contribution in [0.1, 0.15) is 24.0 Å². The Bertz CT molecular complexity index is 766. The highest BCUT2D eigenvalue weighted by Crippen LogP contribution is 2.33. The van der Waals surface area contributed by atoms with Crippen LogP contribution in [0.3, 0.4) is 0 Å². The zero-order valence-corrected chi connectivity index (χ0v) is 11.7. The van der Waals surface area contributed by atoms with Gasteiger partial charge >= 0.3 is 0 Å². The summed E-state index contributed by atoms with van der Waals surface area (Å²) in [5, 5.41) is 5.11. The predicted octanol–water partition coefficient (Wildman–Crippen LogP) is 1.86. The van der Waals surface area contributed by atoms with E-state index in [1.807, 2.05) is 0 Å². The summed E-state index contributed by atoms with van der Waals surface area (Å²) in [7, 11) is -2.27. The summed E-state index contributed by atoms with van der Waals surface area (Å²) in [6.45, 7) is 0. The van der Waals surface area contributed by atoms with Gasteiger partial charge in [0.25, 0.3) is 12.9 Å². The fourth-order valence-corrected chi connectivity index (χ4v) is 3.58. The first kappa shape index (κ1) is 15.5. The first-order valence-corrected chi connectivity index (χ1v) is 7.01. The van der Waals surface area contributed by atoms with Crippen LogP contribution in [-0.4, -0.2) is 28.0 Å². The number of alkyl halides is 4. The molecule has 0 aliphatic rings. The fraction of sp³-hybridized carbons (Fsp3) is 0.400. The van der Waals surface area contributed by atoms with Gasteiger partial charge in [0, 0.05) is 20.3 Å². The molecule has 0 fully saturated rings. The Balaban J connectivity index is 2.72. The van der Waals surface area contributed by atoms with Gasteiger partial charge in [0.15, 0.2) is 10.1 Å². The highest BCUT2D eigenvalue weighted by Gasteiger charge is 2.35. The molecule has 0 aliphatic carbocycles. The van der Waals surface area contributed by atoms with Gasteiger partial charge in [-0.25, -0.2) is 26.0 Å². The Labute approximate surface area is 116 Å². The first-order chi connectivity index (χ1) is 9.66. The maximum atomic E-state index is 12.9. The number of rotatable bonds is 4. The second-order valence-corrected chi connectivity index (χ2v) is 5.98. The van der Waals surface area contributed by atoms with E-state index < -0.39 is 43.9 Å². The third-order valence-electron chi connectivity index (χ3n) is 2.71. The van der Waals surface area contributed by atoms with Crippen molar-refractivity contribution < 1.29 is 26.0 Å². The van der Waals surface area contributed by atoms with Crippen LogP contribution in [-0.2, 0) is 23.9 Å². The van der Waals surface area contributed by atoms with Crippen LogP contribution >= 0.6 is 0 Å². The average molecular weight is 326 g/mol. The minimum absolute atomic E-state index is 0.683. The molecule has 0 saturated heterocycles. The maximum absolute atomic E-state index is 12.9. The lowest BCUT2D eigenvalue weighted by Gasteiger charge is -2.07. The summed E-state index contributed by atoms with van der Waals surface area (Å²) in [4.78, 5) is 0. The average Bonchev–Trinajstić information content (AvgIpc) is 2.93. The molecule has 0 spiro atoms. The SMILES string of the molecule is Cn1cc(C(F)F)c(S(=O)(=O)c2c(C(F)F)cnn2C)n1. The van der Waals surface area contributed by atoms with Crippen molar-refractivity contribution in [2.45, 2.75) is 22.9 Å². The molecular formula is C10H10F4N4O2S. The highest BCUT2D eigenvalue weighted by molar-refractivity contribution is 7.91. The molecular weight excluding hydrogens is 316 g/mol. The monoisotopic (exact) mass is 326 g/mol. The van der Waals surface area contributed by atoms with Crippen molar-refractivity contribution in [1.82, 2.24) is 19.6 Å². The Morgan fingerprint density at radius 3 is 2.19 bits per heavy atom. The van der Waals surface area contributed by atoms with Crippen LogP contribution in [0, 0.1) is 0 Å². The van der Waals surface area contributed by atoms with E-state index >= 15 is 0 Å². The lowest BCUT2D eigenvalue weighted by atomic mass is 10.4. The molecule has 2 aromatic rings. The standard InChI is InChI=1S/C10H10F4N4O2S/c1-17-4-6(8(13)14)9(16-17)21(19,20)10-5(7(11)12)3-15-18(10)2/h3-4,7-8H,1-2H3. The van der Waals surface area contributed by atoms with Crippen molar-refractivity contribution >= 4 is 9.84 Å². The van der Waals surface area contributed by atoms with Gasteiger partial charge in [0.2, 0.25) is 9.84 Å². The number of sulfone groups is 1. The van der Waals surface area contributed by atoms with Gasteiger partial charge in [-0.2, -0.15) is 10.2 Å². The van der Waals surface area contributed by atoms with E-state index in [1.165, 1.54) is 7.05 Å². The molecule has 11 heteroatoms. The molecule has 6 nitrogen and oxygen atoms in total. The van der Waals surface area contributed by atoms with Gasteiger partial charge in [-0.1, -0.05) is 0 Å². The Morgan fingerprint density at radius 1 is 1.10 bits per heavy atom. The minimum Gasteiger partial charge on any atom is -0.274 e. The van der Waals surface area contributed by atoms with E-state index in [1.54, 1.807) is 0 Å². The van der Waals surface area contributed by atoms with Crippen LogP contribution in [0.2, 0.25) is 0 Å². The molecule has 0 saturated carbocycles. The summed E-state index contributed by atoms with van der Waals surface area (Å²) in [6.07, 6.45) is -4.70. The molecule has 2 aromatic heterocycles. The number of nitrogens with zero attached hydrogens (tertiary/aromatic N) is 4. The summed E-state index contributed by atoms with van der Waals surface area (Å²) >= 11 is 0. The normalized spacial score (nSPS) is 12.6. The van der Waals surface area contributed by atoms with E-state index in [9.17, 15) is 26.0 Å².